The number of carbonyl (C=O) groups is 4. The Bertz CT molecular complexity index is 5520. The normalized spacial score (nSPS) is 16.8. The molecule has 3 aromatic carbocycles. The van der Waals surface area contributed by atoms with Gasteiger partial charge in [0.15, 0.2) is 0 Å². The largest absolute Gasteiger partial charge is 0.477 e. The second-order valence-electron chi connectivity index (χ2n) is 34.4. The number of rotatable bonds is 23. The first kappa shape index (κ1) is 87.0. The highest BCUT2D eigenvalue weighted by molar-refractivity contribution is 7.21. The van der Waals surface area contributed by atoms with E-state index in [4.69, 9.17) is 25.4 Å². The molecule has 9 N–H and O–H groups in total. The molecule has 0 unspecified atom stereocenters. The van der Waals surface area contributed by atoms with Crippen molar-refractivity contribution in [2.24, 2.45) is 5.73 Å². The third-order valence-corrected chi connectivity index (χ3v) is 27.3. The first-order valence-corrected chi connectivity index (χ1v) is 47.0. The third kappa shape index (κ3) is 23.9. The summed E-state index contributed by atoms with van der Waals surface area (Å²) in [5.41, 5.74) is 16.8. The van der Waals surface area contributed by atoms with Gasteiger partial charge in [0.2, 0.25) is 0 Å². The number of likely N-dealkylation sites (tertiary alicyclic amines) is 4. The molecule has 5 saturated heterocycles. The van der Waals surface area contributed by atoms with Gasteiger partial charge >= 0.3 is 12.1 Å². The van der Waals surface area contributed by atoms with Gasteiger partial charge in [-0.2, -0.15) is 0 Å². The number of aromatic nitrogens is 6. The number of nitrogens with zero attached hydrogens (tertiary/aromatic N) is 10. The minimum absolute atomic E-state index is 0.0269. The van der Waals surface area contributed by atoms with Crippen LogP contribution in [0.5, 0.6) is 0 Å². The van der Waals surface area contributed by atoms with Crippen LogP contribution in [0.4, 0.5) is 21.9 Å². The Morgan fingerprint density at radius 2 is 0.811 bits per heavy atom. The highest BCUT2D eigenvalue weighted by atomic mass is 32.1. The maximum atomic E-state index is 13.2. The van der Waals surface area contributed by atoms with Crippen LogP contribution in [0, 0.1) is 0 Å². The van der Waals surface area contributed by atoms with E-state index in [0.29, 0.717) is 41.7 Å². The fourth-order valence-electron chi connectivity index (χ4n) is 17.3. The van der Waals surface area contributed by atoms with Gasteiger partial charge in [-0.1, -0.05) is 74.9 Å². The van der Waals surface area contributed by atoms with Gasteiger partial charge in [-0.25, -0.2) is 24.5 Å². The highest BCUT2D eigenvalue weighted by Gasteiger charge is 2.29. The number of pyridine rings is 6. The number of piperidine rings is 5. The van der Waals surface area contributed by atoms with Crippen molar-refractivity contribution in [3.63, 3.8) is 0 Å². The van der Waals surface area contributed by atoms with Crippen LogP contribution in [0.25, 0.3) is 96.7 Å². The highest BCUT2D eigenvalue weighted by Crippen LogP contribution is 2.38. The quantitative estimate of drug-likeness (QED) is 0.0276. The number of benzene rings is 3. The molecule has 5 aliphatic heterocycles. The van der Waals surface area contributed by atoms with Crippen molar-refractivity contribution in [3.8, 4) is 33.8 Å². The first-order valence-electron chi connectivity index (χ1n) is 44.6. The summed E-state index contributed by atoms with van der Waals surface area (Å²) in [5.74, 6) is -0.923. The van der Waals surface area contributed by atoms with Crippen molar-refractivity contribution in [2.45, 2.75) is 179 Å². The summed E-state index contributed by atoms with van der Waals surface area (Å²) < 4.78 is 8.60. The molecule has 0 atom stereocenters. The summed E-state index contributed by atoms with van der Waals surface area (Å²) in [6, 6.07) is 37.4. The van der Waals surface area contributed by atoms with E-state index in [9.17, 15) is 24.3 Å². The van der Waals surface area contributed by atoms with E-state index in [2.05, 4.69) is 116 Å². The molecule has 12 aromatic rings. The van der Waals surface area contributed by atoms with Gasteiger partial charge in [-0.15, -0.1) is 34.0 Å². The Balaban J connectivity index is 0.000000138. The van der Waals surface area contributed by atoms with Gasteiger partial charge in [0, 0.05) is 152 Å². The maximum Gasteiger partial charge on any atom is 0.410 e. The molecular formula is C96H119N17O6S3. The average molecular weight is 1700 g/mol. The lowest BCUT2D eigenvalue weighted by atomic mass is 9.97. The molecule has 6 aliphatic rings. The van der Waals surface area contributed by atoms with E-state index in [-0.39, 0.29) is 30.0 Å². The number of fused-ring (bicyclic) bond motifs is 6. The van der Waals surface area contributed by atoms with E-state index in [0.717, 1.165) is 203 Å². The lowest BCUT2D eigenvalue weighted by Gasteiger charge is -2.33. The first-order chi connectivity index (χ1) is 59.5. The van der Waals surface area contributed by atoms with Crippen molar-refractivity contribution in [1.82, 2.24) is 65.5 Å². The average Bonchev–Trinajstić information content (AvgIpc) is 1.43. The van der Waals surface area contributed by atoms with E-state index in [1.165, 1.54) is 152 Å². The van der Waals surface area contributed by atoms with E-state index >= 15 is 0 Å². The number of hydrogen-bond donors (Lipinski definition) is 8. The van der Waals surface area contributed by atoms with Gasteiger partial charge in [-0.3, -0.25) is 24.5 Å². The Hall–Kier alpha value is -9.90. The van der Waals surface area contributed by atoms with Gasteiger partial charge in [0.05, 0.1) is 43.4 Å². The molecule has 14 heterocycles. The molecule has 0 spiro atoms. The molecule has 1 saturated carbocycles. The zero-order chi connectivity index (χ0) is 84.2. The number of carboxylic acids is 1. The molecule has 0 bridgehead atoms. The minimum atomic E-state index is -0.889. The van der Waals surface area contributed by atoms with Crippen LogP contribution in [0.15, 0.2) is 146 Å². The van der Waals surface area contributed by atoms with Crippen molar-refractivity contribution < 1.29 is 29.0 Å². The smallest absolute Gasteiger partial charge is 0.410 e. The number of carbonyl (C=O) groups excluding carboxylic acids is 3. The number of anilines is 3. The summed E-state index contributed by atoms with van der Waals surface area (Å²) >= 11 is 4.35. The Morgan fingerprint density at radius 3 is 1.17 bits per heavy atom. The lowest BCUT2D eigenvalue weighted by Crippen LogP contribution is -2.47. The third-order valence-electron chi connectivity index (χ3n) is 24.0. The molecule has 122 heavy (non-hydrogen) atoms. The number of thiophene rings is 3. The van der Waals surface area contributed by atoms with Gasteiger partial charge < -0.3 is 67.1 Å². The molecule has 1 aliphatic carbocycles. The summed E-state index contributed by atoms with van der Waals surface area (Å²) in [4.78, 5) is 88.9. The summed E-state index contributed by atoms with van der Waals surface area (Å²) in [7, 11) is 0. The van der Waals surface area contributed by atoms with E-state index in [1.54, 1.807) is 40.9 Å². The van der Waals surface area contributed by atoms with Crippen molar-refractivity contribution in [1.29, 1.82) is 0 Å². The number of nitrogens with one attached hydrogen (secondary N) is 6. The number of hydrogen-bond acceptors (Lipinski definition) is 22. The van der Waals surface area contributed by atoms with Crippen LogP contribution in [0.2, 0.25) is 0 Å². The Morgan fingerprint density at radius 1 is 0.451 bits per heavy atom. The van der Waals surface area contributed by atoms with Crippen LogP contribution in [0.3, 0.4) is 0 Å². The SMILES string of the molecule is CC(C)(C)OC(=O)N1CCC(NC(=O)c2cc3ccc(-c4cc(NCCCN5CCCCC5)c5cnccc5n4)cc3s2)CC1.NC1CCCCC1.O=C(NC1CCNCC1)c1cc2ccc(-c3cc(NCCCN4CCCCC4)c4cnccc4n3)cc2s1.O=C(O)c1cc2ccc(-c3cc(NCCCN4CCCCC4)c4cnccc4n3)cc2s1. The van der Waals surface area contributed by atoms with Crippen molar-refractivity contribution >= 4 is 138 Å². The summed E-state index contributed by atoms with van der Waals surface area (Å²) in [6.45, 7) is 22.1. The van der Waals surface area contributed by atoms with Gasteiger partial charge in [0.25, 0.3) is 11.8 Å². The van der Waals surface area contributed by atoms with Crippen LogP contribution in [-0.4, -0.2) is 207 Å². The van der Waals surface area contributed by atoms with E-state index in [1.807, 2.05) is 87.9 Å². The number of amides is 3. The van der Waals surface area contributed by atoms with Crippen LogP contribution in [-0.2, 0) is 4.74 Å². The topological polar surface area (TPSA) is 286 Å². The van der Waals surface area contributed by atoms with Crippen LogP contribution >= 0.6 is 34.0 Å². The molecule has 0 radical (unpaired) electrons. The van der Waals surface area contributed by atoms with Crippen molar-refractivity contribution in [3.05, 3.63) is 161 Å². The molecule has 23 nitrogen and oxygen atoms in total. The standard InChI is InChI=1S/C35H44N6O3S.C30H36N6OS.C25H26N4O2S.C6H13N/c1-35(2,3)44-34(43)41-18-11-26(12-19-41)38-33(42)32-21-25-9-8-24(20-31(25)45-32)29-22-30(27-23-36-14-10-28(27)39-29)37-13-7-17-40-15-5-4-6-16-40;37-30(34-23-7-11-31-12-8-23)29-18-22-6-5-21(17-28(22)38-29)26-19-27(24-20-32-13-9-25(24)35-26)33-10-4-16-36-14-2-1-3-15-36;30-25(31)24-14-18-6-5-17(13-23(18)32-24)21-15-22(19-16-26-9-7-20(19)28-21)27-8-4-12-29-10-2-1-3-11-29;7-6-4-2-1-3-5-6/h8-10,14,20-23,26H,4-7,11-13,15-19H2,1-3H3,(H,37,39)(H,38,42);5-6,9,13,17-20,23,31H,1-4,7-8,10-12,14-16H2,(H,33,35)(H,34,37);5-7,9,13-16H,1-4,8,10-12H2,(H,27,28)(H,30,31);6H,1-5,7H2. The molecular weight excluding hydrogens is 1580 g/mol. The van der Waals surface area contributed by atoms with Gasteiger partial charge in [-0.05, 0) is 278 Å². The molecule has 6 fully saturated rings. The van der Waals surface area contributed by atoms with Gasteiger partial charge in [0.1, 0.15) is 10.5 Å². The number of carboxylic acid groups (broad SMARTS) is 1. The van der Waals surface area contributed by atoms with E-state index < -0.39 is 11.6 Å². The fourth-order valence-corrected chi connectivity index (χ4v) is 20.2. The molecule has 3 amide bonds. The number of aromatic carboxylic acids is 1. The second-order valence-corrected chi connectivity index (χ2v) is 37.6. The Kier molecular flexibility index (Phi) is 30.3. The summed E-state index contributed by atoms with van der Waals surface area (Å²) in [5, 5.41) is 36.1. The molecule has 9 aromatic heterocycles. The van der Waals surface area contributed by atoms with Crippen LogP contribution < -0.4 is 37.6 Å². The van der Waals surface area contributed by atoms with Crippen LogP contribution in [0.1, 0.15) is 185 Å². The lowest BCUT2D eigenvalue weighted by molar-refractivity contribution is 0.0199. The predicted molar refractivity (Wildman–Crippen MR) is 501 cm³/mol. The number of nitrogens with two attached hydrogens (primary N) is 1. The number of ether oxygens (including phenoxy) is 1. The zero-order valence-corrected chi connectivity index (χ0v) is 73.5. The summed E-state index contributed by atoms with van der Waals surface area (Å²) in [6.07, 6.45) is 36.1. The minimum Gasteiger partial charge on any atom is -0.477 e. The van der Waals surface area contributed by atoms with Crippen molar-refractivity contribution in [2.75, 3.05) is 121 Å². The molecule has 642 valence electrons. The molecule has 18 rings (SSSR count). The zero-order valence-electron chi connectivity index (χ0n) is 71.0. The monoisotopic (exact) mass is 1700 g/mol. The maximum absolute atomic E-state index is 13.2. The Labute approximate surface area is 728 Å². The predicted octanol–water partition coefficient (Wildman–Crippen LogP) is 19.0. The molecule has 26 heteroatoms. The second kappa shape index (κ2) is 42.5. The fraction of sp³-hybridized carbons (Fsp3) is 0.458.